The van der Waals surface area contributed by atoms with Crippen LogP contribution in [0.2, 0.25) is 0 Å². The van der Waals surface area contributed by atoms with Gasteiger partial charge in [0, 0.05) is 21.3 Å². The van der Waals surface area contributed by atoms with Crippen LogP contribution < -0.4 is 0 Å². The number of likely N-dealkylation sites (tertiary alicyclic amines) is 1. The van der Waals surface area contributed by atoms with E-state index in [0.29, 0.717) is 0 Å². The molecule has 0 spiro atoms. The van der Waals surface area contributed by atoms with Crippen molar-refractivity contribution in [3.63, 3.8) is 0 Å². The topological polar surface area (TPSA) is 38.8 Å². The van der Waals surface area contributed by atoms with Crippen LogP contribution in [0.25, 0.3) is 0 Å². The van der Waals surface area contributed by atoms with E-state index in [2.05, 4.69) is 0 Å². The van der Waals surface area contributed by atoms with Gasteiger partial charge in [0.1, 0.15) is 0 Å². The van der Waals surface area contributed by atoms with Gasteiger partial charge in [-0.05, 0) is 11.1 Å². The van der Waals surface area contributed by atoms with Crippen molar-refractivity contribution in [2.45, 2.75) is 11.3 Å². The number of methoxy groups -OCH3 is 2. The fourth-order valence-corrected chi connectivity index (χ4v) is 3.54. The Hall–Kier alpha value is -2.17. The fourth-order valence-electron chi connectivity index (χ4n) is 3.54. The first-order chi connectivity index (χ1) is 10.6. The van der Waals surface area contributed by atoms with Crippen LogP contribution >= 0.6 is 0 Å². The highest BCUT2D eigenvalue weighted by molar-refractivity contribution is 6.00. The van der Waals surface area contributed by atoms with Gasteiger partial charge in [-0.3, -0.25) is 9.69 Å². The van der Waals surface area contributed by atoms with Crippen LogP contribution in [0, 0.1) is 0 Å². The number of hydrogen-bond donors (Lipinski definition) is 0. The summed E-state index contributed by atoms with van der Waals surface area (Å²) in [6, 6.07) is 19.3. The van der Waals surface area contributed by atoms with Gasteiger partial charge < -0.3 is 9.47 Å². The molecular weight excluding hydrogens is 278 g/mol. The first kappa shape index (κ1) is 14.8. The Morgan fingerprint density at radius 2 is 1.23 bits per heavy atom. The maximum atomic E-state index is 13.0. The molecule has 1 aliphatic rings. The second-order valence-corrected chi connectivity index (χ2v) is 5.34. The zero-order valence-electron chi connectivity index (χ0n) is 12.9. The summed E-state index contributed by atoms with van der Waals surface area (Å²) in [5.41, 5.74) is 0.703. The van der Waals surface area contributed by atoms with E-state index in [9.17, 15) is 4.79 Å². The lowest BCUT2D eigenvalue weighted by Crippen LogP contribution is -2.81. The molecule has 0 radical (unpaired) electrons. The minimum Gasteiger partial charge on any atom is -0.335 e. The summed E-state index contributed by atoms with van der Waals surface area (Å²) in [5.74, 6) is -1.21. The second-order valence-electron chi connectivity index (χ2n) is 5.34. The molecule has 114 valence electrons. The first-order valence-electron chi connectivity index (χ1n) is 7.14. The van der Waals surface area contributed by atoms with E-state index in [1.54, 1.807) is 21.3 Å². The van der Waals surface area contributed by atoms with Crippen molar-refractivity contribution in [1.29, 1.82) is 0 Å². The van der Waals surface area contributed by atoms with E-state index < -0.39 is 11.3 Å². The molecule has 0 aliphatic carbocycles. The Morgan fingerprint density at radius 1 is 0.818 bits per heavy atom. The zero-order valence-corrected chi connectivity index (χ0v) is 12.9. The summed E-state index contributed by atoms with van der Waals surface area (Å²) < 4.78 is 11.4. The first-order valence-corrected chi connectivity index (χ1v) is 7.14. The Balaban J connectivity index is 2.32. The molecule has 1 fully saturated rings. The highest BCUT2D eigenvalue weighted by Crippen LogP contribution is 2.54. The molecule has 3 rings (SSSR count). The third kappa shape index (κ3) is 1.56. The minimum absolute atomic E-state index is 0.0476. The third-order valence-corrected chi connectivity index (χ3v) is 4.51. The third-order valence-electron chi connectivity index (χ3n) is 4.51. The molecule has 1 aliphatic heterocycles. The lowest BCUT2D eigenvalue weighted by atomic mass is 9.64. The van der Waals surface area contributed by atoms with Gasteiger partial charge in [-0.1, -0.05) is 60.7 Å². The Bertz CT molecular complexity index is 626. The highest BCUT2D eigenvalue weighted by atomic mass is 16.7. The van der Waals surface area contributed by atoms with Gasteiger partial charge in [0.25, 0.3) is 5.91 Å². The van der Waals surface area contributed by atoms with Gasteiger partial charge in [0.2, 0.25) is 5.91 Å². The lowest BCUT2D eigenvalue weighted by molar-refractivity contribution is -0.346. The summed E-state index contributed by atoms with van der Waals surface area (Å²) >= 11 is 0. The number of benzene rings is 2. The molecule has 1 heterocycles. The fraction of sp³-hybridized carbons (Fsp3) is 0.278. The number of amides is 1. The molecule has 4 heteroatoms. The van der Waals surface area contributed by atoms with Crippen LogP contribution in [0.1, 0.15) is 11.1 Å². The molecule has 4 nitrogen and oxygen atoms in total. The molecular formula is C18H19NO3. The van der Waals surface area contributed by atoms with Crippen LogP contribution in [0.4, 0.5) is 0 Å². The van der Waals surface area contributed by atoms with Gasteiger partial charge in [-0.25, -0.2) is 0 Å². The maximum Gasteiger partial charge on any atom is 0.277 e. The van der Waals surface area contributed by atoms with E-state index in [1.807, 2.05) is 60.7 Å². The molecule has 0 bridgehead atoms. The van der Waals surface area contributed by atoms with Gasteiger partial charge in [-0.2, -0.15) is 0 Å². The molecule has 22 heavy (non-hydrogen) atoms. The van der Waals surface area contributed by atoms with Crippen LogP contribution in [0.5, 0.6) is 0 Å². The summed E-state index contributed by atoms with van der Waals surface area (Å²) in [6.45, 7) is 0. The number of nitrogens with zero attached hydrogens (tertiary/aromatic N) is 1. The van der Waals surface area contributed by atoms with Crippen molar-refractivity contribution in [2.24, 2.45) is 0 Å². The molecule has 1 saturated heterocycles. The average molecular weight is 297 g/mol. The predicted molar refractivity (Wildman–Crippen MR) is 83.2 cm³/mol. The molecule has 2 aromatic rings. The van der Waals surface area contributed by atoms with Crippen molar-refractivity contribution in [1.82, 2.24) is 4.90 Å². The number of hydrogen-bond acceptors (Lipinski definition) is 3. The number of β-lactam (4-membered cyclic amide) rings is 1. The molecule has 0 saturated carbocycles. The number of ether oxygens (including phenoxy) is 2. The maximum absolute atomic E-state index is 13.0. The van der Waals surface area contributed by atoms with E-state index in [0.717, 1.165) is 11.1 Å². The molecule has 0 N–H and O–H groups in total. The normalized spacial score (nSPS) is 18.9. The average Bonchev–Trinajstić information content (AvgIpc) is 2.60. The molecule has 0 unspecified atom stereocenters. The van der Waals surface area contributed by atoms with E-state index >= 15 is 0 Å². The van der Waals surface area contributed by atoms with Crippen molar-refractivity contribution in [3.05, 3.63) is 71.8 Å². The molecule has 0 aromatic heterocycles. The Labute approximate surface area is 130 Å². The van der Waals surface area contributed by atoms with Crippen molar-refractivity contribution < 1.29 is 14.3 Å². The van der Waals surface area contributed by atoms with E-state index in [-0.39, 0.29) is 5.91 Å². The van der Waals surface area contributed by atoms with Gasteiger partial charge >= 0.3 is 0 Å². The SMILES string of the molecule is COC1(OC)N(C)C(=O)C1(c1ccccc1)c1ccccc1. The lowest BCUT2D eigenvalue weighted by Gasteiger charge is -2.61. The summed E-state index contributed by atoms with van der Waals surface area (Å²) in [4.78, 5) is 14.5. The van der Waals surface area contributed by atoms with E-state index in [1.165, 1.54) is 4.90 Å². The van der Waals surface area contributed by atoms with Gasteiger partial charge in [-0.15, -0.1) is 0 Å². The molecule has 1 amide bonds. The van der Waals surface area contributed by atoms with Crippen LogP contribution in [-0.2, 0) is 19.7 Å². The summed E-state index contributed by atoms with van der Waals surface area (Å²) in [5, 5.41) is 0. The molecule has 0 atom stereocenters. The van der Waals surface area contributed by atoms with Crippen LogP contribution in [0.3, 0.4) is 0 Å². The monoisotopic (exact) mass is 297 g/mol. The quantitative estimate of drug-likeness (QED) is 0.642. The number of carbonyl (C=O) groups is 1. The Kier molecular flexibility index (Phi) is 3.51. The standard InChI is InChI=1S/C18H19NO3/c1-19-16(20)17(18(19,21-2)22-3,14-10-6-4-7-11-14)15-12-8-5-9-13-15/h4-13H,1-3H3. The van der Waals surface area contributed by atoms with Crippen molar-refractivity contribution >= 4 is 5.91 Å². The summed E-state index contributed by atoms with van der Waals surface area (Å²) in [7, 11) is 4.82. The largest absolute Gasteiger partial charge is 0.335 e. The zero-order chi connectivity index (χ0) is 15.8. The summed E-state index contributed by atoms with van der Waals surface area (Å²) in [6.07, 6.45) is 0. The van der Waals surface area contributed by atoms with Gasteiger partial charge in [0.05, 0.1) is 0 Å². The van der Waals surface area contributed by atoms with Gasteiger partial charge in [0.15, 0.2) is 5.41 Å². The predicted octanol–water partition coefficient (Wildman–Crippen LogP) is 2.39. The van der Waals surface area contributed by atoms with Crippen LogP contribution in [-0.4, -0.2) is 38.0 Å². The van der Waals surface area contributed by atoms with Crippen molar-refractivity contribution in [3.8, 4) is 0 Å². The minimum atomic E-state index is -1.16. The van der Waals surface area contributed by atoms with Crippen LogP contribution in [0.15, 0.2) is 60.7 Å². The number of carbonyl (C=O) groups excluding carboxylic acids is 1. The number of likely N-dealkylation sites (N-methyl/N-ethyl adjacent to an activating group) is 1. The Morgan fingerprint density at radius 3 is 1.59 bits per heavy atom. The highest BCUT2D eigenvalue weighted by Gasteiger charge is 2.74. The van der Waals surface area contributed by atoms with E-state index in [4.69, 9.17) is 9.47 Å². The van der Waals surface area contributed by atoms with Crippen molar-refractivity contribution in [2.75, 3.05) is 21.3 Å². The molecule has 2 aromatic carbocycles. The second kappa shape index (κ2) is 5.23. The smallest absolute Gasteiger partial charge is 0.277 e. The number of rotatable bonds is 4.